The Bertz CT molecular complexity index is 721. The second-order valence-corrected chi connectivity index (χ2v) is 7.66. The first-order chi connectivity index (χ1) is 14.7. The summed E-state index contributed by atoms with van der Waals surface area (Å²) in [5, 5.41) is 6.35. The average Bonchev–Trinajstić information content (AvgIpc) is 3.66. The van der Waals surface area contributed by atoms with E-state index in [-0.39, 0.29) is 28.1 Å². The molecule has 7 heteroatoms. The normalized spacial score (nSPS) is 21.7. The van der Waals surface area contributed by atoms with Crippen LogP contribution in [0.2, 0.25) is 0 Å². The summed E-state index contributed by atoms with van der Waals surface area (Å²) in [6.07, 6.45) is 20.0. The van der Waals surface area contributed by atoms with Crippen molar-refractivity contribution in [2.75, 3.05) is 52.4 Å². The molecule has 0 spiro atoms. The Balaban J connectivity index is 0.000000213. The number of carbonyl (C=O) groups is 2. The number of hydrogen-bond acceptors (Lipinski definition) is 6. The number of allylic oxidation sites excluding steroid dienone is 10. The maximum Gasteiger partial charge on any atom is 2.00 e. The molecule has 0 aromatic rings. The van der Waals surface area contributed by atoms with Crippen molar-refractivity contribution < 1.29 is 26.1 Å². The molecule has 2 heterocycles. The fourth-order valence-corrected chi connectivity index (χ4v) is 2.96. The van der Waals surface area contributed by atoms with Crippen LogP contribution in [0.5, 0.6) is 0 Å². The van der Waals surface area contributed by atoms with Crippen LogP contribution in [-0.2, 0) is 26.1 Å². The maximum absolute atomic E-state index is 11.3. The fraction of sp³-hybridized carbons (Fsp3) is 0.417. The molecule has 0 amide bonds. The largest absolute Gasteiger partial charge is 2.00 e. The molecule has 6 nitrogen and oxygen atoms in total. The molecule has 0 bridgehead atoms. The molecule has 4 aliphatic rings. The summed E-state index contributed by atoms with van der Waals surface area (Å²) in [6.45, 7) is 9.23. The summed E-state index contributed by atoms with van der Waals surface area (Å²) in [6, 6.07) is 0. The van der Waals surface area contributed by atoms with Gasteiger partial charge in [0, 0.05) is 62.8 Å². The van der Waals surface area contributed by atoms with E-state index < -0.39 is 0 Å². The molecule has 2 aliphatic heterocycles. The molecular weight excluding hydrogens is 435 g/mol. The van der Waals surface area contributed by atoms with E-state index in [0.29, 0.717) is 0 Å². The van der Waals surface area contributed by atoms with Crippen LogP contribution in [0.4, 0.5) is 0 Å². The van der Waals surface area contributed by atoms with Crippen LogP contribution in [0.15, 0.2) is 72.2 Å². The van der Waals surface area contributed by atoms with Crippen LogP contribution in [0.25, 0.3) is 0 Å². The molecule has 168 valence electrons. The molecule has 0 radical (unpaired) electrons. The van der Waals surface area contributed by atoms with E-state index in [4.69, 9.17) is 0 Å². The first kappa shape index (κ1) is 25.1. The molecule has 2 fully saturated rings. The predicted octanol–water partition coefficient (Wildman–Crippen LogP) is 1.72. The Hall–Kier alpha value is -2.21. The second kappa shape index (κ2) is 14.0. The van der Waals surface area contributed by atoms with Crippen molar-refractivity contribution in [3.05, 3.63) is 72.2 Å². The Kier molecular flexibility index (Phi) is 11.3. The fourth-order valence-electron chi connectivity index (χ4n) is 2.96. The van der Waals surface area contributed by atoms with Crippen molar-refractivity contribution in [1.82, 2.24) is 20.4 Å². The minimum atomic E-state index is 0. The van der Waals surface area contributed by atoms with Gasteiger partial charge in [-0.25, -0.2) is 0 Å². The first-order valence-corrected chi connectivity index (χ1v) is 10.8. The van der Waals surface area contributed by atoms with Crippen molar-refractivity contribution in [3.63, 3.8) is 0 Å². The van der Waals surface area contributed by atoms with E-state index in [9.17, 15) is 9.59 Å². The van der Waals surface area contributed by atoms with Gasteiger partial charge in [0.15, 0.2) is 11.6 Å². The Morgan fingerprint density at radius 1 is 0.677 bits per heavy atom. The monoisotopic (exact) mass is 466 g/mol. The van der Waals surface area contributed by atoms with Crippen molar-refractivity contribution >= 4 is 11.6 Å². The molecule has 4 rings (SSSR count). The number of nitrogens with zero attached hydrogens (tertiary/aromatic N) is 2. The number of hydrogen-bond donors (Lipinski definition) is 2. The van der Waals surface area contributed by atoms with Gasteiger partial charge in [0.05, 0.1) is 0 Å². The predicted molar refractivity (Wildman–Crippen MR) is 121 cm³/mol. The molecule has 0 aromatic carbocycles. The third-order valence-corrected chi connectivity index (χ3v) is 5.02. The van der Waals surface area contributed by atoms with Crippen molar-refractivity contribution in [1.29, 1.82) is 0 Å². The van der Waals surface area contributed by atoms with Gasteiger partial charge in [0.2, 0.25) is 0 Å². The zero-order valence-electron chi connectivity index (χ0n) is 17.9. The third-order valence-electron chi connectivity index (χ3n) is 5.02. The van der Waals surface area contributed by atoms with Crippen LogP contribution < -0.4 is 10.6 Å². The number of carbonyl (C=O) groups excluding carboxylic acids is 2. The number of nitrogens with one attached hydrogen (secondary N) is 2. The van der Waals surface area contributed by atoms with E-state index in [2.05, 4.69) is 20.4 Å². The van der Waals surface area contributed by atoms with Gasteiger partial charge >= 0.3 is 16.5 Å². The quantitative estimate of drug-likeness (QED) is 0.221. The molecule has 31 heavy (non-hydrogen) atoms. The maximum atomic E-state index is 11.3. The van der Waals surface area contributed by atoms with Crippen molar-refractivity contribution in [3.8, 4) is 0 Å². The molecule has 0 unspecified atom stereocenters. The van der Waals surface area contributed by atoms with Gasteiger partial charge in [-0.2, -0.15) is 0 Å². The van der Waals surface area contributed by atoms with Gasteiger partial charge in [0.1, 0.15) is 0 Å². The molecule has 2 aliphatic carbocycles. The topological polar surface area (TPSA) is 64.2 Å². The van der Waals surface area contributed by atoms with Gasteiger partial charge in [-0.05, 0) is 50.2 Å². The van der Waals surface area contributed by atoms with Crippen LogP contribution in [0.3, 0.4) is 0 Å². The number of ketones is 2. The van der Waals surface area contributed by atoms with E-state index >= 15 is 0 Å². The van der Waals surface area contributed by atoms with Crippen LogP contribution in [0.1, 0.15) is 12.8 Å². The van der Waals surface area contributed by atoms with E-state index in [1.165, 1.54) is 39.3 Å². The Labute approximate surface area is 195 Å². The van der Waals surface area contributed by atoms with Crippen LogP contribution in [0, 0.1) is 0 Å². The SMILES string of the molecule is O=C1C=CC=C/C1=C/NCCCN1CC1.O=C1C=CC=C/C1=C/NCCCN1CC1.[Ni+2]. The van der Waals surface area contributed by atoms with Gasteiger partial charge in [-0.15, -0.1) is 0 Å². The van der Waals surface area contributed by atoms with Gasteiger partial charge in [-0.1, -0.05) is 24.3 Å². The molecule has 0 aromatic heterocycles. The summed E-state index contributed by atoms with van der Waals surface area (Å²) in [4.78, 5) is 27.4. The standard InChI is InChI=1S/2C12H16N2O.Ni/c2*15-12-5-2-1-4-11(12)10-13-6-3-7-14-8-9-14;/h2*1-2,4-5,10,13H,3,6-9H2;/q;;+2/b2*11-10-;. The minimum Gasteiger partial charge on any atom is -0.390 e. The van der Waals surface area contributed by atoms with E-state index in [1.807, 2.05) is 36.7 Å². The molecule has 2 saturated heterocycles. The Morgan fingerprint density at radius 2 is 1.06 bits per heavy atom. The third kappa shape index (κ3) is 10.6. The zero-order chi connectivity index (χ0) is 21.0. The van der Waals surface area contributed by atoms with E-state index in [0.717, 1.165) is 37.1 Å². The second-order valence-electron chi connectivity index (χ2n) is 7.66. The van der Waals surface area contributed by atoms with Crippen LogP contribution in [-0.4, -0.2) is 73.7 Å². The first-order valence-electron chi connectivity index (χ1n) is 10.8. The minimum absolute atomic E-state index is 0. The zero-order valence-corrected chi connectivity index (χ0v) is 18.9. The summed E-state index contributed by atoms with van der Waals surface area (Å²) in [5.74, 6) is 0.159. The van der Waals surface area contributed by atoms with Gasteiger partial charge < -0.3 is 20.4 Å². The summed E-state index contributed by atoms with van der Waals surface area (Å²) in [5.41, 5.74) is 1.48. The molecular formula is C24H32N4NiO2+2. The van der Waals surface area contributed by atoms with E-state index in [1.54, 1.807) is 24.3 Å². The average molecular weight is 467 g/mol. The van der Waals surface area contributed by atoms with Gasteiger partial charge in [0.25, 0.3) is 0 Å². The molecule has 0 saturated carbocycles. The Morgan fingerprint density at radius 3 is 1.42 bits per heavy atom. The number of rotatable bonds is 10. The van der Waals surface area contributed by atoms with Crippen LogP contribution >= 0.6 is 0 Å². The van der Waals surface area contributed by atoms with Crippen molar-refractivity contribution in [2.24, 2.45) is 0 Å². The van der Waals surface area contributed by atoms with Crippen molar-refractivity contribution in [2.45, 2.75) is 12.8 Å². The summed E-state index contributed by atoms with van der Waals surface area (Å²) >= 11 is 0. The molecule has 2 N–H and O–H groups in total. The summed E-state index contributed by atoms with van der Waals surface area (Å²) < 4.78 is 0. The summed E-state index contributed by atoms with van der Waals surface area (Å²) in [7, 11) is 0. The molecule has 0 atom stereocenters. The van der Waals surface area contributed by atoms with Gasteiger partial charge in [-0.3, -0.25) is 9.59 Å². The smallest absolute Gasteiger partial charge is 0.390 e.